The van der Waals surface area contributed by atoms with Gasteiger partial charge in [0.15, 0.2) is 0 Å². The minimum atomic E-state index is -4.65. The fourth-order valence-corrected chi connectivity index (χ4v) is 13.8. The first-order valence-electron chi connectivity index (χ1n) is 4.59. The molecule has 90 valence electrons. The summed E-state index contributed by atoms with van der Waals surface area (Å²) >= 11 is -4.65. The van der Waals surface area contributed by atoms with Crippen LogP contribution in [0.15, 0.2) is 23.9 Å². The van der Waals surface area contributed by atoms with Gasteiger partial charge in [0, 0.05) is 0 Å². The van der Waals surface area contributed by atoms with Crippen LogP contribution in [0.1, 0.15) is 6.92 Å². The molecule has 0 N–H and O–H groups in total. The van der Waals surface area contributed by atoms with Gasteiger partial charge >= 0.3 is 106 Å². The molecule has 1 unspecified atom stereocenters. The van der Waals surface area contributed by atoms with Crippen LogP contribution >= 0.6 is 26.9 Å². The Balaban J connectivity index is 2.56. The molecule has 0 aliphatic carbocycles. The van der Waals surface area contributed by atoms with Gasteiger partial charge in [0.25, 0.3) is 0 Å². The average Bonchev–Trinajstić information content (AvgIpc) is 2.33. The molecule has 1 saturated heterocycles. The van der Waals surface area contributed by atoms with Crippen molar-refractivity contribution in [2.75, 3.05) is 0 Å². The van der Waals surface area contributed by atoms with Gasteiger partial charge in [0.2, 0.25) is 0 Å². The number of Topliss-reactive ketones (excluding diaryl/α,β-unsaturated/α-hetero) is 2. The number of hydrogen-bond acceptors (Lipinski definition) is 3. The number of allylic oxidation sites excluding steroid dienone is 3. The summed E-state index contributed by atoms with van der Waals surface area (Å²) in [5.74, 6) is -0.311. The van der Waals surface area contributed by atoms with Crippen molar-refractivity contribution in [3.05, 3.63) is 23.9 Å². The molecular formula is C9H10Cl3NO2Te. The van der Waals surface area contributed by atoms with Crippen LogP contribution < -0.4 is 0 Å². The van der Waals surface area contributed by atoms with E-state index in [-0.39, 0.29) is 16.0 Å². The SMILES string of the molecule is CC(=O)C1=CC=CC2C(=O)C[TeH](Cl)(Cl)(Cl)N12. The van der Waals surface area contributed by atoms with Crippen LogP contribution in [0.4, 0.5) is 0 Å². The molecule has 0 amide bonds. The van der Waals surface area contributed by atoms with Gasteiger partial charge in [-0.1, -0.05) is 0 Å². The van der Waals surface area contributed by atoms with Crippen LogP contribution in [-0.4, -0.2) is 34.5 Å². The van der Waals surface area contributed by atoms with E-state index in [1.807, 2.05) is 0 Å². The topological polar surface area (TPSA) is 37.4 Å². The van der Waals surface area contributed by atoms with E-state index in [1.54, 1.807) is 18.2 Å². The van der Waals surface area contributed by atoms with E-state index in [0.29, 0.717) is 5.70 Å². The Kier molecular flexibility index (Phi) is 2.89. The molecule has 0 bridgehead atoms. The van der Waals surface area contributed by atoms with Crippen molar-refractivity contribution < 1.29 is 9.59 Å². The van der Waals surface area contributed by atoms with E-state index in [4.69, 9.17) is 26.9 Å². The van der Waals surface area contributed by atoms with E-state index < -0.39 is 19.8 Å². The van der Waals surface area contributed by atoms with Crippen molar-refractivity contribution in [2.24, 2.45) is 0 Å². The summed E-state index contributed by atoms with van der Waals surface area (Å²) in [6.45, 7) is 1.40. The molecule has 3 nitrogen and oxygen atoms in total. The maximum atomic E-state index is 11.8. The molecule has 0 aromatic rings. The summed E-state index contributed by atoms with van der Waals surface area (Å²) in [6.07, 6.45) is 4.92. The van der Waals surface area contributed by atoms with Gasteiger partial charge < -0.3 is 0 Å². The second-order valence-electron chi connectivity index (χ2n) is 3.83. The zero-order valence-electron chi connectivity index (χ0n) is 8.36. The Labute approximate surface area is 106 Å². The molecular weight excluding hydrogens is 388 g/mol. The molecule has 7 heteroatoms. The van der Waals surface area contributed by atoms with Gasteiger partial charge in [0.05, 0.1) is 0 Å². The number of halogens is 3. The Bertz CT molecular complexity index is 449. The normalized spacial score (nSPS) is 32.6. The molecule has 0 saturated carbocycles. The quantitative estimate of drug-likeness (QED) is 0.636. The first kappa shape index (κ1) is 12.7. The van der Waals surface area contributed by atoms with Crippen LogP contribution in [0.3, 0.4) is 0 Å². The molecule has 2 aliphatic rings. The van der Waals surface area contributed by atoms with Gasteiger partial charge in [-0.15, -0.1) is 0 Å². The number of nitrogens with zero attached hydrogens (tertiary/aromatic N) is 1. The molecule has 0 spiro atoms. The molecule has 2 aliphatic heterocycles. The summed E-state index contributed by atoms with van der Waals surface area (Å²) in [5, 5.41) is 0. The van der Waals surface area contributed by atoms with Crippen molar-refractivity contribution in [1.29, 1.82) is 0 Å². The number of fused-ring (bicyclic) bond motifs is 1. The summed E-state index contributed by atoms with van der Waals surface area (Å²) in [4.78, 5) is 23.2. The first-order valence-corrected chi connectivity index (χ1v) is 17.2. The summed E-state index contributed by atoms with van der Waals surface area (Å²) in [7, 11) is 18.7. The Morgan fingerprint density at radius 2 is 2.12 bits per heavy atom. The van der Waals surface area contributed by atoms with Crippen molar-refractivity contribution in [2.45, 2.75) is 17.4 Å². The van der Waals surface area contributed by atoms with E-state index in [2.05, 4.69) is 0 Å². The number of rotatable bonds is 1. The number of ketones is 2. The number of carbonyl (C=O) groups excluding carboxylic acids is 2. The molecule has 0 aromatic carbocycles. The van der Waals surface area contributed by atoms with Gasteiger partial charge in [-0.05, 0) is 0 Å². The third kappa shape index (κ3) is 1.91. The monoisotopic (exact) mass is 399 g/mol. The fraction of sp³-hybridized carbons (Fsp3) is 0.333. The van der Waals surface area contributed by atoms with Gasteiger partial charge in [0.1, 0.15) is 0 Å². The molecule has 2 rings (SSSR count). The van der Waals surface area contributed by atoms with Crippen molar-refractivity contribution in [1.82, 2.24) is 3.15 Å². The van der Waals surface area contributed by atoms with E-state index >= 15 is 0 Å². The third-order valence-corrected chi connectivity index (χ3v) is 14.1. The van der Waals surface area contributed by atoms with Gasteiger partial charge in [-0.3, -0.25) is 0 Å². The third-order valence-electron chi connectivity index (χ3n) is 2.55. The molecule has 0 radical (unpaired) electrons. The second kappa shape index (κ2) is 3.63. The summed E-state index contributed by atoms with van der Waals surface area (Å²) in [6, 6.07) is -0.571. The molecule has 1 atom stereocenters. The standard InChI is InChI=1S/C9H10Cl3NO2Te/c1-6(14)7-3-2-4-8-9(15)5-16(10,11,12)13(7)8/h2-4,8,16H,5H2,1H3. The fourth-order valence-electron chi connectivity index (χ4n) is 1.93. The number of hydrogen-bond donors (Lipinski definition) is 0. The zero-order chi connectivity index (χ0) is 12.2. The van der Waals surface area contributed by atoms with E-state index in [0.717, 1.165) is 0 Å². The van der Waals surface area contributed by atoms with Crippen molar-refractivity contribution in [3.63, 3.8) is 0 Å². The zero-order valence-corrected chi connectivity index (χ0v) is 13.2. The summed E-state index contributed by atoms with van der Waals surface area (Å²) < 4.78 is 1.43. The molecule has 0 aromatic heterocycles. The number of carbonyl (C=O) groups is 2. The van der Waals surface area contributed by atoms with Crippen LogP contribution in [-0.2, 0) is 9.59 Å². The first-order chi connectivity index (χ1) is 7.21. The maximum absolute atomic E-state index is 11.8. The Morgan fingerprint density at radius 1 is 1.50 bits per heavy atom. The molecule has 2 heterocycles. The molecule has 16 heavy (non-hydrogen) atoms. The Hall–Kier alpha value is 0.280. The average molecular weight is 398 g/mol. The van der Waals surface area contributed by atoms with Gasteiger partial charge in [-0.25, -0.2) is 0 Å². The molecule has 1 fully saturated rings. The van der Waals surface area contributed by atoms with Crippen LogP contribution in [0, 0.1) is 0 Å². The van der Waals surface area contributed by atoms with Crippen molar-refractivity contribution >= 4 is 52.2 Å². The predicted octanol–water partition coefficient (Wildman–Crippen LogP) is 2.12. The van der Waals surface area contributed by atoms with E-state index in [1.165, 1.54) is 10.1 Å². The Morgan fingerprint density at radius 3 is 2.69 bits per heavy atom. The minimum absolute atomic E-state index is 0.0302. The van der Waals surface area contributed by atoms with Crippen LogP contribution in [0.25, 0.3) is 0 Å². The second-order valence-corrected chi connectivity index (χ2v) is 29.3. The van der Waals surface area contributed by atoms with E-state index in [9.17, 15) is 9.59 Å². The van der Waals surface area contributed by atoms with Gasteiger partial charge in [-0.2, -0.15) is 0 Å². The van der Waals surface area contributed by atoms with Crippen molar-refractivity contribution in [3.8, 4) is 0 Å². The van der Waals surface area contributed by atoms with Crippen LogP contribution in [0.2, 0.25) is 4.47 Å². The summed E-state index contributed by atoms with van der Waals surface area (Å²) in [5.41, 5.74) is 0.333. The van der Waals surface area contributed by atoms with Crippen LogP contribution in [0.5, 0.6) is 0 Å². The predicted molar refractivity (Wildman–Crippen MR) is 68.1 cm³/mol.